The average molecular weight is 316 g/mol. The minimum Gasteiger partial charge on any atom is -0.461 e. The molecule has 0 fully saturated rings. The molecule has 0 radical (unpaired) electrons. The molecule has 1 rings (SSSR count). The number of hydrogen-bond acceptors (Lipinski definition) is 6. The van der Waals surface area contributed by atoms with Gasteiger partial charge in [0.05, 0.1) is 6.61 Å². The Bertz CT molecular complexity index is 408. The number of carbonyl (C=O) groups excluding carboxylic acids is 1. The highest BCUT2D eigenvalue weighted by molar-refractivity contribution is 7.98. The molecule has 0 unspecified atom stereocenters. The van der Waals surface area contributed by atoms with Crippen LogP contribution in [0.4, 0.5) is 5.13 Å². The summed E-state index contributed by atoms with van der Waals surface area (Å²) in [6.45, 7) is 5.00. The van der Waals surface area contributed by atoms with Crippen LogP contribution in [0, 0.1) is 6.92 Å². The van der Waals surface area contributed by atoms with Crippen LogP contribution in [0.2, 0.25) is 0 Å². The van der Waals surface area contributed by atoms with Crippen molar-refractivity contribution in [3.8, 4) is 0 Å². The number of aryl methyl sites for hydroxylation is 1. The second-order valence-corrected chi connectivity index (χ2v) is 6.67. The first-order chi connectivity index (χ1) is 9.69. The summed E-state index contributed by atoms with van der Waals surface area (Å²) in [5.41, 5.74) is 0.444. The van der Waals surface area contributed by atoms with Gasteiger partial charge in [0.25, 0.3) is 0 Å². The SMILES string of the molecule is CCOC(=O)c1nc(NCCCCCCSC)sc1C. The average Bonchev–Trinajstić information content (AvgIpc) is 2.79. The second kappa shape index (κ2) is 10.0. The summed E-state index contributed by atoms with van der Waals surface area (Å²) < 4.78 is 4.98. The molecule has 0 aliphatic carbocycles. The van der Waals surface area contributed by atoms with E-state index in [0.717, 1.165) is 23.0 Å². The molecule has 0 bridgehead atoms. The normalized spacial score (nSPS) is 10.6. The third-order valence-corrected chi connectivity index (χ3v) is 4.44. The van der Waals surface area contributed by atoms with Gasteiger partial charge in [-0.2, -0.15) is 11.8 Å². The van der Waals surface area contributed by atoms with Gasteiger partial charge in [0.1, 0.15) is 0 Å². The van der Waals surface area contributed by atoms with Crippen molar-refractivity contribution in [1.82, 2.24) is 4.98 Å². The molecule has 0 spiro atoms. The number of ether oxygens (including phenoxy) is 1. The largest absolute Gasteiger partial charge is 0.461 e. The van der Waals surface area contributed by atoms with E-state index in [-0.39, 0.29) is 5.97 Å². The van der Waals surface area contributed by atoms with Crippen molar-refractivity contribution >= 4 is 34.2 Å². The predicted octanol–water partition coefficient (Wildman–Crippen LogP) is 3.96. The van der Waals surface area contributed by atoms with Crippen LogP contribution in [-0.4, -0.2) is 36.1 Å². The number of thioether (sulfide) groups is 1. The van der Waals surface area contributed by atoms with Crippen LogP contribution in [-0.2, 0) is 4.74 Å². The first-order valence-electron chi connectivity index (χ1n) is 7.06. The van der Waals surface area contributed by atoms with E-state index in [1.807, 2.05) is 18.7 Å². The molecule has 20 heavy (non-hydrogen) atoms. The number of hydrogen-bond donors (Lipinski definition) is 1. The Kier molecular flexibility index (Phi) is 8.69. The minimum atomic E-state index is -0.327. The highest BCUT2D eigenvalue weighted by atomic mass is 32.2. The molecule has 4 nitrogen and oxygen atoms in total. The van der Waals surface area contributed by atoms with E-state index in [4.69, 9.17) is 4.74 Å². The smallest absolute Gasteiger partial charge is 0.358 e. The Hall–Kier alpha value is -0.750. The Morgan fingerprint density at radius 1 is 1.35 bits per heavy atom. The Labute approximate surface area is 129 Å². The fraction of sp³-hybridized carbons (Fsp3) is 0.714. The summed E-state index contributed by atoms with van der Waals surface area (Å²) in [7, 11) is 0. The number of anilines is 1. The maximum absolute atomic E-state index is 11.6. The Morgan fingerprint density at radius 2 is 2.10 bits per heavy atom. The predicted molar refractivity (Wildman–Crippen MR) is 88.1 cm³/mol. The molecule has 1 aromatic heterocycles. The molecule has 0 aliphatic heterocycles. The van der Waals surface area contributed by atoms with Gasteiger partial charge in [-0.25, -0.2) is 9.78 Å². The van der Waals surface area contributed by atoms with Crippen molar-refractivity contribution in [3.63, 3.8) is 0 Å². The summed E-state index contributed by atoms with van der Waals surface area (Å²) in [5.74, 6) is 0.925. The van der Waals surface area contributed by atoms with Crippen LogP contribution < -0.4 is 5.32 Å². The van der Waals surface area contributed by atoms with Gasteiger partial charge < -0.3 is 10.1 Å². The van der Waals surface area contributed by atoms with E-state index in [1.165, 1.54) is 36.4 Å². The van der Waals surface area contributed by atoms with Crippen molar-refractivity contribution in [2.24, 2.45) is 0 Å². The lowest BCUT2D eigenvalue weighted by atomic mass is 10.2. The maximum atomic E-state index is 11.6. The number of aromatic nitrogens is 1. The van der Waals surface area contributed by atoms with Crippen molar-refractivity contribution in [2.45, 2.75) is 39.5 Å². The zero-order chi connectivity index (χ0) is 14.8. The monoisotopic (exact) mass is 316 g/mol. The number of esters is 1. The number of thiazole rings is 1. The van der Waals surface area contributed by atoms with Gasteiger partial charge in [0, 0.05) is 11.4 Å². The molecule has 1 aromatic rings. The van der Waals surface area contributed by atoms with E-state index >= 15 is 0 Å². The van der Waals surface area contributed by atoms with Gasteiger partial charge >= 0.3 is 5.97 Å². The number of unbranched alkanes of at least 4 members (excludes halogenated alkanes) is 3. The Morgan fingerprint density at radius 3 is 2.80 bits per heavy atom. The third-order valence-electron chi connectivity index (χ3n) is 2.82. The molecule has 0 aliphatic rings. The maximum Gasteiger partial charge on any atom is 0.358 e. The van der Waals surface area contributed by atoms with Crippen LogP contribution in [0.25, 0.3) is 0 Å². The summed E-state index contributed by atoms with van der Waals surface area (Å²) in [6.07, 6.45) is 7.11. The fourth-order valence-electron chi connectivity index (χ4n) is 1.78. The lowest BCUT2D eigenvalue weighted by Gasteiger charge is -2.02. The standard InChI is InChI=1S/C14H24N2O2S2/c1-4-18-13(17)12-11(2)20-14(16-12)15-9-7-5-6-8-10-19-3/h4-10H2,1-3H3,(H,15,16). The second-order valence-electron chi connectivity index (χ2n) is 4.48. The summed E-state index contributed by atoms with van der Waals surface area (Å²) in [5, 5.41) is 4.10. The minimum absolute atomic E-state index is 0.327. The molecule has 0 atom stereocenters. The van der Waals surface area contributed by atoms with E-state index in [2.05, 4.69) is 16.6 Å². The van der Waals surface area contributed by atoms with E-state index in [0.29, 0.717) is 12.3 Å². The van der Waals surface area contributed by atoms with Crippen LogP contribution in [0.1, 0.15) is 48.0 Å². The van der Waals surface area contributed by atoms with Crippen LogP contribution in [0.5, 0.6) is 0 Å². The van der Waals surface area contributed by atoms with Crippen LogP contribution in [0.15, 0.2) is 0 Å². The molecule has 1 heterocycles. The zero-order valence-corrected chi connectivity index (χ0v) is 14.2. The lowest BCUT2D eigenvalue weighted by molar-refractivity contribution is 0.0519. The van der Waals surface area contributed by atoms with E-state index in [1.54, 1.807) is 6.92 Å². The molecule has 0 saturated heterocycles. The van der Waals surface area contributed by atoms with Crippen molar-refractivity contribution in [1.29, 1.82) is 0 Å². The molecule has 0 saturated carbocycles. The molecule has 0 aromatic carbocycles. The Balaban J connectivity index is 2.27. The summed E-state index contributed by atoms with van der Waals surface area (Å²) in [6, 6.07) is 0. The molecular formula is C14H24N2O2S2. The lowest BCUT2D eigenvalue weighted by Crippen LogP contribution is -2.07. The summed E-state index contributed by atoms with van der Waals surface area (Å²) >= 11 is 3.42. The molecule has 6 heteroatoms. The van der Waals surface area contributed by atoms with E-state index < -0.39 is 0 Å². The van der Waals surface area contributed by atoms with Crippen LogP contribution in [0.3, 0.4) is 0 Å². The highest BCUT2D eigenvalue weighted by Crippen LogP contribution is 2.22. The van der Waals surface area contributed by atoms with Gasteiger partial charge in [-0.3, -0.25) is 0 Å². The van der Waals surface area contributed by atoms with Crippen molar-refractivity contribution in [3.05, 3.63) is 10.6 Å². The number of rotatable bonds is 10. The van der Waals surface area contributed by atoms with Crippen molar-refractivity contribution < 1.29 is 9.53 Å². The molecule has 1 N–H and O–H groups in total. The van der Waals surface area contributed by atoms with Crippen molar-refractivity contribution in [2.75, 3.05) is 30.5 Å². The van der Waals surface area contributed by atoms with Gasteiger partial charge in [-0.05, 0) is 38.7 Å². The highest BCUT2D eigenvalue weighted by Gasteiger charge is 2.15. The number of nitrogens with zero attached hydrogens (tertiary/aromatic N) is 1. The number of nitrogens with one attached hydrogen (secondary N) is 1. The van der Waals surface area contributed by atoms with Gasteiger partial charge in [-0.15, -0.1) is 11.3 Å². The first-order valence-corrected chi connectivity index (χ1v) is 9.27. The van der Waals surface area contributed by atoms with Gasteiger partial charge in [-0.1, -0.05) is 12.8 Å². The number of carbonyl (C=O) groups is 1. The molecule has 114 valence electrons. The van der Waals surface area contributed by atoms with Gasteiger partial charge in [0.2, 0.25) is 0 Å². The van der Waals surface area contributed by atoms with Crippen LogP contribution >= 0.6 is 23.1 Å². The third kappa shape index (κ3) is 6.13. The molecule has 0 amide bonds. The topological polar surface area (TPSA) is 51.2 Å². The fourth-order valence-corrected chi connectivity index (χ4v) is 3.10. The summed E-state index contributed by atoms with van der Waals surface area (Å²) in [4.78, 5) is 16.9. The molecular weight excluding hydrogens is 292 g/mol. The quantitative estimate of drug-likeness (QED) is 0.523. The van der Waals surface area contributed by atoms with Gasteiger partial charge in [0.15, 0.2) is 10.8 Å². The first kappa shape index (κ1) is 17.3. The van der Waals surface area contributed by atoms with E-state index in [9.17, 15) is 4.79 Å². The zero-order valence-electron chi connectivity index (χ0n) is 12.5.